The van der Waals surface area contributed by atoms with Crippen molar-refractivity contribution in [2.24, 2.45) is 0 Å². The molecule has 0 rings (SSSR count). The molecule has 19 heavy (non-hydrogen) atoms. The molecular formula is C14H32O2Si3. The van der Waals surface area contributed by atoms with Crippen LogP contribution in [0.15, 0.2) is 24.6 Å². The Morgan fingerprint density at radius 3 is 1.16 bits per heavy atom. The molecule has 0 atom stereocenters. The fourth-order valence-electron chi connectivity index (χ4n) is 1.83. The minimum atomic E-state index is -2.45. The lowest BCUT2D eigenvalue weighted by Crippen LogP contribution is -2.55. The summed E-state index contributed by atoms with van der Waals surface area (Å²) in [5.74, 6) is 0. The minimum Gasteiger partial charge on any atom is -0.430 e. The van der Waals surface area contributed by atoms with Crippen molar-refractivity contribution in [2.45, 2.75) is 65.0 Å². The van der Waals surface area contributed by atoms with Crippen LogP contribution < -0.4 is 0 Å². The molecule has 0 spiro atoms. The van der Waals surface area contributed by atoms with Gasteiger partial charge in [-0.2, -0.15) is 0 Å². The molecule has 0 aliphatic heterocycles. The molecule has 0 aromatic heterocycles. The highest BCUT2D eigenvalue weighted by Gasteiger charge is 2.43. The Kier molecular flexibility index (Phi) is 7.75. The summed E-state index contributed by atoms with van der Waals surface area (Å²) in [4.78, 5) is 0. The summed E-state index contributed by atoms with van der Waals surface area (Å²) < 4.78 is 13.2. The van der Waals surface area contributed by atoms with Gasteiger partial charge in [-0.3, -0.25) is 0 Å². The topological polar surface area (TPSA) is 18.5 Å². The van der Waals surface area contributed by atoms with Crippen molar-refractivity contribution >= 4 is 25.2 Å². The van der Waals surface area contributed by atoms with Crippen LogP contribution in [0.3, 0.4) is 0 Å². The largest absolute Gasteiger partial charge is 0.430 e. The Bertz CT molecular complexity index is 267. The van der Waals surface area contributed by atoms with Crippen LogP contribution in [-0.4, -0.2) is 25.2 Å². The maximum atomic E-state index is 6.58. The van der Waals surface area contributed by atoms with Gasteiger partial charge in [-0.05, 0) is 48.7 Å². The van der Waals surface area contributed by atoms with Crippen LogP contribution in [0.25, 0.3) is 0 Å². The van der Waals surface area contributed by atoms with Gasteiger partial charge in [-0.15, -0.1) is 13.2 Å². The van der Waals surface area contributed by atoms with Gasteiger partial charge < -0.3 is 8.23 Å². The van der Waals surface area contributed by atoms with E-state index in [0.717, 1.165) is 24.2 Å². The second kappa shape index (κ2) is 7.73. The smallest absolute Gasteiger partial charge is 0.370 e. The van der Waals surface area contributed by atoms with Crippen LogP contribution in [0.2, 0.25) is 37.3 Å². The highest BCUT2D eigenvalue weighted by Crippen LogP contribution is 2.29. The lowest BCUT2D eigenvalue weighted by atomic mass is 10.9. The van der Waals surface area contributed by atoms with E-state index in [4.69, 9.17) is 8.23 Å². The lowest BCUT2D eigenvalue weighted by Gasteiger charge is -2.40. The summed E-state index contributed by atoms with van der Waals surface area (Å²) in [7, 11) is -5.81. The van der Waals surface area contributed by atoms with Gasteiger partial charge in [-0.1, -0.05) is 27.7 Å². The zero-order valence-electron chi connectivity index (χ0n) is 13.7. The molecule has 0 amide bonds. The average molecular weight is 317 g/mol. The molecule has 0 aromatic rings. The zero-order chi connectivity index (χ0) is 15.2. The second-order valence-corrected chi connectivity index (χ2v) is 18.2. The molecule has 0 radical (unpaired) electrons. The fraction of sp³-hybridized carbons (Fsp3) is 0.714. The monoisotopic (exact) mass is 316 g/mol. The van der Waals surface area contributed by atoms with Crippen molar-refractivity contribution < 1.29 is 8.23 Å². The van der Waals surface area contributed by atoms with Gasteiger partial charge in [0.25, 0.3) is 0 Å². The molecule has 0 saturated heterocycles. The molecule has 0 fully saturated rings. The molecule has 0 saturated carbocycles. The van der Waals surface area contributed by atoms with Crippen LogP contribution in [0.4, 0.5) is 0 Å². The summed E-state index contributed by atoms with van der Waals surface area (Å²) >= 11 is 0. The van der Waals surface area contributed by atoms with Gasteiger partial charge in [0.15, 0.2) is 16.6 Å². The molecule has 5 heteroatoms. The van der Waals surface area contributed by atoms with E-state index in [2.05, 4.69) is 53.9 Å². The lowest BCUT2D eigenvalue weighted by molar-refractivity contribution is 0.398. The van der Waals surface area contributed by atoms with Gasteiger partial charge in [-0.25, -0.2) is 0 Å². The summed E-state index contributed by atoms with van der Waals surface area (Å²) in [6.45, 7) is 21.5. The van der Waals surface area contributed by atoms with E-state index in [-0.39, 0.29) is 0 Å². The predicted octanol–water partition coefficient (Wildman–Crippen LogP) is 5.14. The summed E-state index contributed by atoms with van der Waals surface area (Å²) in [5, 5.41) is 0. The van der Waals surface area contributed by atoms with Crippen molar-refractivity contribution in [3.63, 3.8) is 0 Å². The Hall–Kier alpha value is 0.0506. The normalized spacial score (nSPS) is 13.4. The highest BCUT2D eigenvalue weighted by atomic mass is 28.5. The molecule has 0 aromatic carbocycles. The quantitative estimate of drug-likeness (QED) is 0.519. The first-order valence-corrected chi connectivity index (χ1v) is 15.1. The number of hydrogen-bond acceptors (Lipinski definition) is 2. The molecule has 0 heterocycles. The number of hydrogen-bond donors (Lipinski definition) is 0. The van der Waals surface area contributed by atoms with E-state index in [0.29, 0.717) is 0 Å². The van der Waals surface area contributed by atoms with Gasteiger partial charge in [0.1, 0.15) is 0 Å². The van der Waals surface area contributed by atoms with E-state index in [9.17, 15) is 0 Å². The highest BCUT2D eigenvalue weighted by molar-refractivity contribution is 6.93. The van der Waals surface area contributed by atoms with Gasteiger partial charge in [0.05, 0.1) is 0 Å². The molecular weight excluding hydrogens is 284 g/mol. The van der Waals surface area contributed by atoms with Crippen LogP contribution in [-0.2, 0) is 8.23 Å². The average Bonchev–Trinajstić information content (AvgIpc) is 2.46. The molecule has 112 valence electrons. The maximum absolute atomic E-state index is 6.58. The van der Waals surface area contributed by atoms with Gasteiger partial charge in [0.2, 0.25) is 0 Å². The molecule has 0 bridgehead atoms. The standard InChI is InChI=1S/C14H32O2Si3/c1-9-17(7,10-2)15-19(13-5,14-6)16-18(8,11-3)12-4/h13-14H,5-6,9-12H2,1-4,7-8H3. The third-order valence-electron chi connectivity index (χ3n) is 4.37. The Morgan fingerprint density at radius 2 is 1.00 bits per heavy atom. The zero-order valence-corrected chi connectivity index (χ0v) is 16.7. The third-order valence-corrected chi connectivity index (χ3v) is 18.0. The summed E-state index contributed by atoms with van der Waals surface area (Å²) in [5.41, 5.74) is 3.85. The van der Waals surface area contributed by atoms with Crippen molar-refractivity contribution in [1.29, 1.82) is 0 Å². The third kappa shape index (κ3) is 5.15. The van der Waals surface area contributed by atoms with E-state index < -0.39 is 25.2 Å². The van der Waals surface area contributed by atoms with E-state index >= 15 is 0 Å². The summed E-state index contributed by atoms with van der Waals surface area (Å²) in [6.07, 6.45) is 0. The Balaban J connectivity index is 5.27. The van der Waals surface area contributed by atoms with Crippen molar-refractivity contribution in [2.75, 3.05) is 0 Å². The van der Waals surface area contributed by atoms with Crippen molar-refractivity contribution in [1.82, 2.24) is 0 Å². The Labute approximate surface area is 123 Å². The van der Waals surface area contributed by atoms with Crippen LogP contribution in [0.1, 0.15) is 27.7 Å². The first kappa shape index (κ1) is 19.1. The van der Waals surface area contributed by atoms with Gasteiger partial charge in [0, 0.05) is 0 Å². The number of rotatable bonds is 10. The van der Waals surface area contributed by atoms with Crippen LogP contribution in [0, 0.1) is 0 Å². The van der Waals surface area contributed by atoms with E-state index in [1.807, 2.05) is 11.4 Å². The molecule has 0 aliphatic carbocycles. The van der Waals surface area contributed by atoms with Crippen LogP contribution >= 0.6 is 0 Å². The maximum Gasteiger partial charge on any atom is 0.370 e. The first-order chi connectivity index (χ1) is 8.78. The molecule has 0 aliphatic rings. The first-order valence-electron chi connectivity index (χ1n) is 7.45. The molecule has 0 N–H and O–H groups in total. The predicted molar refractivity (Wildman–Crippen MR) is 93.5 cm³/mol. The van der Waals surface area contributed by atoms with E-state index in [1.54, 1.807) is 0 Å². The minimum absolute atomic E-state index is 1.11. The second-order valence-electron chi connectivity index (χ2n) is 5.65. The van der Waals surface area contributed by atoms with Crippen molar-refractivity contribution in [3.05, 3.63) is 24.6 Å². The molecule has 2 nitrogen and oxygen atoms in total. The Morgan fingerprint density at radius 1 is 0.737 bits per heavy atom. The fourth-order valence-corrected chi connectivity index (χ4v) is 13.3. The SMILES string of the molecule is C=C[Si](C=C)(O[Si](C)(CC)CC)O[Si](C)(CC)CC. The molecule has 0 unspecified atom stereocenters. The van der Waals surface area contributed by atoms with Crippen molar-refractivity contribution in [3.8, 4) is 0 Å². The van der Waals surface area contributed by atoms with Crippen LogP contribution in [0.5, 0.6) is 0 Å². The van der Waals surface area contributed by atoms with E-state index in [1.165, 1.54) is 0 Å². The van der Waals surface area contributed by atoms with Gasteiger partial charge >= 0.3 is 8.56 Å². The summed E-state index contributed by atoms with van der Waals surface area (Å²) in [6, 6.07) is 4.44.